The maximum Gasteiger partial charge on any atom is 0.340 e. The smallest absolute Gasteiger partial charge is 0.340 e. The van der Waals surface area contributed by atoms with Gasteiger partial charge in [-0.05, 0) is 29.7 Å². The van der Waals surface area contributed by atoms with Crippen molar-refractivity contribution in [2.24, 2.45) is 0 Å². The molecule has 0 saturated heterocycles. The van der Waals surface area contributed by atoms with Crippen molar-refractivity contribution in [3.63, 3.8) is 0 Å². The van der Waals surface area contributed by atoms with Gasteiger partial charge < -0.3 is 9.47 Å². The lowest BCUT2D eigenvalue weighted by molar-refractivity contribution is -0.160. The van der Waals surface area contributed by atoms with Crippen LogP contribution in [0.3, 0.4) is 0 Å². The highest BCUT2D eigenvalue weighted by atomic mass is 16.6. The zero-order valence-electron chi connectivity index (χ0n) is 13.5. The third kappa shape index (κ3) is 3.86. The van der Waals surface area contributed by atoms with Gasteiger partial charge in [-0.1, -0.05) is 62.2 Å². The molecule has 0 unspecified atom stereocenters. The van der Waals surface area contributed by atoms with Gasteiger partial charge in [0.1, 0.15) is 0 Å². The predicted octanol–water partition coefficient (Wildman–Crippen LogP) is 4.65. The molecule has 0 N–H and O–H groups in total. The van der Waals surface area contributed by atoms with Crippen LogP contribution in [0.5, 0.6) is 0 Å². The van der Waals surface area contributed by atoms with E-state index in [2.05, 4.69) is 6.92 Å². The highest BCUT2D eigenvalue weighted by Crippen LogP contribution is 2.27. The molecule has 2 atom stereocenters. The Morgan fingerprint density at radius 3 is 2.59 bits per heavy atom. The van der Waals surface area contributed by atoms with E-state index in [0.717, 1.165) is 35.6 Å². The van der Waals surface area contributed by atoms with Crippen LogP contribution in [0.1, 0.15) is 44.8 Å². The van der Waals surface area contributed by atoms with Crippen LogP contribution in [0.15, 0.2) is 42.5 Å². The first-order valence-corrected chi connectivity index (χ1v) is 7.88. The first-order chi connectivity index (χ1) is 10.7. The summed E-state index contributed by atoms with van der Waals surface area (Å²) in [6, 6.07) is 13.9. The minimum atomic E-state index is -0.685. The van der Waals surface area contributed by atoms with Crippen LogP contribution in [0, 0.1) is 0 Å². The van der Waals surface area contributed by atoms with Gasteiger partial charge in [-0.25, -0.2) is 4.79 Å². The van der Waals surface area contributed by atoms with Crippen molar-refractivity contribution in [2.75, 3.05) is 7.11 Å². The first kappa shape index (κ1) is 16.5. The van der Waals surface area contributed by atoms with Crippen LogP contribution < -0.4 is 0 Å². The van der Waals surface area contributed by atoms with Crippen molar-refractivity contribution < 1.29 is 14.3 Å². The summed E-state index contributed by atoms with van der Waals surface area (Å²) >= 11 is 0. The number of fused-ring (bicyclic) bond motifs is 1. The summed E-state index contributed by atoms with van der Waals surface area (Å²) in [4.78, 5) is 12.4. The first-order valence-electron chi connectivity index (χ1n) is 7.88. The van der Waals surface area contributed by atoms with Crippen LogP contribution in [-0.2, 0) is 14.3 Å². The molecule has 0 aromatic heterocycles. The second-order valence-corrected chi connectivity index (χ2v) is 5.57. The van der Waals surface area contributed by atoms with Crippen molar-refractivity contribution in [3.8, 4) is 0 Å². The van der Waals surface area contributed by atoms with Crippen molar-refractivity contribution >= 4 is 16.7 Å². The average molecular weight is 300 g/mol. The number of ether oxygens (including phenoxy) is 2. The molecule has 118 valence electrons. The van der Waals surface area contributed by atoms with E-state index in [1.54, 1.807) is 7.11 Å². The normalized spacial score (nSPS) is 13.8. The molecule has 0 aliphatic heterocycles. The van der Waals surface area contributed by atoms with Gasteiger partial charge in [-0.15, -0.1) is 0 Å². The SMILES string of the molecule is CCCC[C@@H](C)OC(=O)[C@@H](OC)c1cccc2ccccc12. The summed E-state index contributed by atoms with van der Waals surface area (Å²) in [5.41, 5.74) is 0.855. The summed E-state index contributed by atoms with van der Waals surface area (Å²) in [5, 5.41) is 2.11. The van der Waals surface area contributed by atoms with Crippen LogP contribution in [0.4, 0.5) is 0 Å². The van der Waals surface area contributed by atoms with Gasteiger partial charge in [0.25, 0.3) is 0 Å². The minimum Gasteiger partial charge on any atom is -0.460 e. The molecule has 2 rings (SSSR count). The van der Waals surface area contributed by atoms with E-state index in [4.69, 9.17) is 9.47 Å². The van der Waals surface area contributed by atoms with Gasteiger partial charge in [-0.3, -0.25) is 0 Å². The van der Waals surface area contributed by atoms with Gasteiger partial charge in [0.05, 0.1) is 6.10 Å². The number of rotatable bonds is 7. The number of hydrogen-bond donors (Lipinski definition) is 0. The van der Waals surface area contributed by atoms with Gasteiger partial charge in [0.2, 0.25) is 0 Å². The molecule has 0 spiro atoms. The van der Waals surface area contributed by atoms with Gasteiger partial charge in [0, 0.05) is 7.11 Å². The van der Waals surface area contributed by atoms with Crippen molar-refractivity contribution in [1.29, 1.82) is 0 Å². The fourth-order valence-corrected chi connectivity index (χ4v) is 2.64. The molecule has 2 aromatic carbocycles. The Bertz CT molecular complexity index is 616. The molecule has 0 aliphatic rings. The highest BCUT2D eigenvalue weighted by Gasteiger charge is 2.25. The third-order valence-electron chi connectivity index (χ3n) is 3.84. The summed E-state index contributed by atoms with van der Waals surface area (Å²) in [7, 11) is 1.55. The number of unbranched alkanes of at least 4 members (excludes halogenated alkanes) is 1. The number of hydrogen-bond acceptors (Lipinski definition) is 3. The molecule has 0 heterocycles. The summed E-state index contributed by atoms with van der Waals surface area (Å²) in [6.07, 6.45) is 2.27. The van der Waals surface area contributed by atoms with E-state index in [0.29, 0.717) is 0 Å². The lowest BCUT2D eigenvalue weighted by Gasteiger charge is -2.20. The van der Waals surface area contributed by atoms with Crippen LogP contribution >= 0.6 is 0 Å². The maximum atomic E-state index is 12.4. The molecule has 0 radical (unpaired) electrons. The Morgan fingerprint density at radius 1 is 1.14 bits per heavy atom. The number of carbonyl (C=O) groups excluding carboxylic acids is 1. The van der Waals surface area contributed by atoms with E-state index in [1.165, 1.54) is 0 Å². The molecule has 0 aliphatic carbocycles. The minimum absolute atomic E-state index is 0.0833. The molecule has 22 heavy (non-hydrogen) atoms. The lowest BCUT2D eigenvalue weighted by Crippen LogP contribution is -2.22. The Morgan fingerprint density at radius 2 is 1.86 bits per heavy atom. The van der Waals surface area contributed by atoms with Crippen LogP contribution in [0.2, 0.25) is 0 Å². The average Bonchev–Trinajstić information content (AvgIpc) is 2.54. The van der Waals surface area contributed by atoms with E-state index >= 15 is 0 Å². The molecule has 2 aromatic rings. The zero-order valence-corrected chi connectivity index (χ0v) is 13.5. The second-order valence-electron chi connectivity index (χ2n) is 5.57. The fourth-order valence-electron chi connectivity index (χ4n) is 2.64. The zero-order chi connectivity index (χ0) is 15.9. The Kier molecular flexibility index (Phi) is 5.96. The number of esters is 1. The number of benzene rings is 2. The molecule has 0 bridgehead atoms. The van der Waals surface area contributed by atoms with E-state index in [9.17, 15) is 4.79 Å². The van der Waals surface area contributed by atoms with Crippen LogP contribution in [0.25, 0.3) is 10.8 Å². The third-order valence-corrected chi connectivity index (χ3v) is 3.84. The molecule has 0 fully saturated rings. The molecule has 3 heteroatoms. The Hall–Kier alpha value is -1.87. The summed E-state index contributed by atoms with van der Waals surface area (Å²) in [6.45, 7) is 4.06. The molecule has 0 amide bonds. The van der Waals surface area contributed by atoms with E-state index in [-0.39, 0.29) is 12.1 Å². The number of carbonyl (C=O) groups is 1. The summed E-state index contributed by atoms with van der Waals surface area (Å²) in [5.74, 6) is -0.317. The fraction of sp³-hybridized carbons (Fsp3) is 0.421. The molecule has 3 nitrogen and oxygen atoms in total. The highest BCUT2D eigenvalue weighted by molar-refractivity contribution is 5.90. The monoisotopic (exact) mass is 300 g/mol. The van der Waals surface area contributed by atoms with E-state index < -0.39 is 6.10 Å². The van der Waals surface area contributed by atoms with Gasteiger partial charge in [-0.2, -0.15) is 0 Å². The second kappa shape index (κ2) is 7.95. The van der Waals surface area contributed by atoms with Crippen molar-refractivity contribution in [3.05, 3.63) is 48.0 Å². The van der Waals surface area contributed by atoms with Gasteiger partial charge in [0.15, 0.2) is 6.10 Å². The van der Waals surface area contributed by atoms with E-state index in [1.807, 2.05) is 49.4 Å². The quantitative estimate of drug-likeness (QED) is 0.698. The lowest BCUT2D eigenvalue weighted by atomic mass is 10.0. The van der Waals surface area contributed by atoms with Crippen molar-refractivity contribution in [2.45, 2.75) is 45.3 Å². The molecule has 0 saturated carbocycles. The van der Waals surface area contributed by atoms with Crippen molar-refractivity contribution in [1.82, 2.24) is 0 Å². The Labute approximate surface area is 132 Å². The molecular weight excluding hydrogens is 276 g/mol. The predicted molar refractivity (Wildman–Crippen MR) is 88.8 cm³/mol. The molecular formula is C19H24O3. The Balaban J connectivity index is 2.21. The topological polar surface area (TPSA) is 35.5 Å². The summed E-state index contributed by atoms with van der Waals surface area (Å²) < 4.78 is 11.0. The standard InChI is InChI=1S/C19H24O3/c1-4-5-9-14(2)22-19(20)18(21-3)17-13-8-11-15-10-6-7-12-16(15)17/h6-8,10-14,18H,4-5,9H2,1-3H3/t14-,18+/m1/s1. The largest absolute Gasteiger partial charge is 0.460 e. The van der Waals surface area contributed by atoms with Gasteiger partial charge >= 0.3 is 5.97 Å². The maximum absolute atomic E-state index is 12.4. The van der Waals surface area contributed by atoms with Crippen LogP contribution in [-0.4, -0.2) is 19.2 Å². The number of methoxy groups -OCH3 is 1.